The van der Waals surface area contributed by atoms with E-state index in [0.29, 0.717) is 27.4 Å². The van der Waals surface area contributed by atoms with Crippen molar-refractivity contribution in [2.45, 2.75) is 6.54 Å². The van der Waals surface area contributed by atoms with E-state index in [1.54, 1.807) is 60.7 Å². The number of anilines is 1. The molecule has 0 spiro atoms. The van der Waals surface area contributed by atoms with Crippen LogP contribution in [-0.2, 0) is 6.54 Å². The lowest BCUT2D eigenvalue weighted by atomic mass is 10.1. The van der Waals surface area contributed by atoms with Crippen molar-refractivity contribution >= 4 is 29.1 Å². The van der Waals surface area contributed by atoms with E-state index in [-0.39, 0.29) is 24.2 Å². The second-order valence-corrected chi connectivity index (χ2v) is 6.25. The van der Waals surface area contributed by atoms with Crippen LogP contribution < -0.4 is 10.6 Å². The molecule has 0 radical (unpaired) electrons. The predicted molar refractivity (Wildman–Crippen MR) is 103 cm³/mol. The summed E-state index contributed by atoms with van der Waals surface area (Å²) in [5, 5.41) is 5.96. The van der Waals surface area contributed by atoms with Gasteiger partial charge in [0.1, 0.15) is 5.82 Å². The van der Waals surface area contributed by atoms with Crippen LogP contribution >= 0.6 is 11.6 Å². The highest BCUT2D eigenvalue weighted by Gasteiger charge is 2.11. The summed E-state index contributed by atoms with van der Waals surface area (Å²) in [6, 6.07) is 19.2. The lowest BCUT2D eigenvalue weighted by molar-refractivity contribution is 0.0950. The zero-order chi connectivity index (χ0) is 19.2. The van der Waals surface area contributed by atoms with Gasteiger partial charge in [-0.3, -0.25) is 9.59 Å². The minimum Gasteiger partial charge on any atom is -0.348 e. The highest BCUT2D eigenvalue weighted by Crippen LogP contribution is 2.15. The van der Waals surface area contributed by atoms with E-state index in [0.717, 1.165) is 0 Å². The SMILES string of the molecule is O=C(NCc1ccccc1F)c1cccc(C(=O)Nc2ccc(Cl)cc2)c1. The number of carbonyl (C=O) groups excluding carboxylic acids is 2. The van der Waals surface area contributed by atoms with Gasteiger partial charge in [-0.05, 0) is 48.5 Å². The Balaban J connectivity index is 1.67. The molecule has 0 saturated heterocycles. The van der Waals surface area contributed by atoms with Crippen molar-refractivity contribution in [3.63, 3.8) is 0 Å². The van der Waals surface area contributed by atoms with E-state index >= 15 is 0 Å². The Morgan fingerprint density at radius 3 is 2.22 bits per heavy atom. The van der Waals surface area contributed by atoms with Gasteiger partial charge in [-0.25, -0.2) is 4.39 Å². The fourth-order valence-electron chi connectivity index (χ4n) is 2.46. The summed E-state index contributed by atoms with van der Waals surface area (Å²) in [6.07, 6.45) is 0. The molecule has 136 valence electrons. The van der Waals surface area contributed by atoms with Gasteiger partial charge in [0, 0.05) is 33.9 Å². The third-order valence-corrected chi connectivity index (χ3v) is 4.14. The third kappa shape index (κ3) is 4.92. The maximum Gasteiger partial charge on any atom is 0.255 e. The largest absolute Gasteiger partial charge is 0.348 e. The van der Waals surface area contributed by atoms with Crippen molar-refractivity contribution in [1.82, 2.24) is 5.32 Å². The second kappa shape index (κ2) is 8.47. The quantitative estimate of drug-likeness (QED) is 0.674. The third-order valence-electron chi connectivity index (χ3n) is 3.89. The molecule has 2 amide bonds. The van der Waals surface area contributed by atoms with E-state index in [2.05, 4.69) is 10.6 Å². The molecular formula is C21H16ClFN2O2. The van der Waals surface area contributed by atoms with Crippen LogP contribution in [0, 0.1) is 5.82 Å². The Hall–Kier alpha value is -3.18. The van der Waals surface area contributed by atoms with E-state index in [1.807, 2.05) is 0 Å². The molecule has 0 fully saturated rings. The van der Waals surface area contributed by atoms with Crippen molar-refractivity contribution < 1.29 is 14.0 Å². The Morgan fingerprint density at radius 2 is 1.52 bits per heavy atom. The van der Waals surface area contributed by atoms with E-state index in [1.165, 1.54) is 12.1 Å². The standard InChI is InChI=1S/C21H16ClFN2O2/c22-17-8-10-18(11-9-17)25-21(27)15-6-3-5-14(12-15)20(26)24-13-16-4-1-2-7-19(16)23/h1-12H,13H2,(H,24,26)(H,25,27). The Bertz CT molecular complexity index is 974. The first kappa shape index (κ1) is 18.6. The number of carbonyl (C=O) groups is 2. The van der Waals surface area contributed by atoms with Gasteiger partial charge in [0.15, 0.2) is 0 Å². The number of halogens is 2. The summed E-state index contributed by atoms with van der Waals surface area (Å²) in [7, 11) is 0. The molecule has 3 aromatic carbocycles. The van der Waals surface area contributed by atoms with Crippen LogP contribution in [0.2, 0.25) is 5.02 Å². The Morgan fingerprint density at radius 1 is 0.852 bits per heavy atom. The summed E-state index contributed by atoms with van der Waals surface area (Å²) >= 11 is 5.82. The normalized spacial score (nSPS) is 10.3. The zero-order valence-corrected chi connectivity index (χ0v) is 15.0. The van der Waals surface area contributed by atoms with E-state index in [9.17, 15) is 14.0 Å². The zero-order valence-electron chi connectivity index (χ0n) is 14.2. The Labute approximate surface area is 161 Å². The van der Waals surface area contributed by atoms with Gasteiger partial charge in [0.05, 0.1) is 0 Å². The predicted octanol–water partition coefficient (Wildman–Crippen LogP) is 4.66. The first-order valence-corrected chi connectivity index (χ1v) is 8.59. The first-order valence-electron chi connectivity index (χ1n) is 8.21. The van der Waals surface area contributed by atoms with Gasteiger partial charge in [0.25, 0.3) is 11.8 Å². The number of amides is 2. The summed E-state index contributed by atoms with van der Waals surface area (Å²) in [6.45, 7) is 0.0622. The average Bonchev–Trinajstić information content (AvgIpc) is 2.69. The minimum atomic E-state index is -0.389. The molecule has 0 aliphatic heterocycles. The van der Waals surface area contributed by atoms with Crippen LogP contribution in [0.5, 0.6) is 0 Å². The molecule has 0 aliphatic carbocycles. The molecule has 0 aliphatic rings. The van der Waals surface area contributed by atoms with Crippen molar-refractivity contribution in [2.75, 3.05) is 5.32 Å². The molecule has 0 atom stereocenters. The lowest BCUT2D eigenvalue weighted by Crippen LogP contribution is -2.23. The summed E-state index contributed by atoms with van der Waals surface area (Å²) < 4.78 is 13.6. The number of hydrogen-bond donors (Lipinski definition) is 2. The van der Waals surface area contributed by atoms with Crippen LogP contribution in [0.4, 0.5) is 10.1 Å². The maximum atomic E-state index is 13.6. The van der Waals surface area contributed by atoms with Crippen molar-refractivity contribution in [3.05, 3.63) is 100 Å². The van der Waals surface area contributed by atoms with Gasteiger partial charge in [-0.2, -0.15) is 0 Å². The highest BCUT2D eigenvalue weighted by molar-refractivity contribution is 6.30. The number of hydrogen-bond acceptors (Lipinski definition) is 2. The first-order chi connectivity index (χ1) is 13.0. The number of rotatable bonds is 5. The van der Waals surface area contributed by atoms with Gasteiger partial charge >= 0.3 is 0 Å². The van der Waals surface area contributed by atoms with Gasteiger partial charge < -0.3 is 10.6 Å². The van der Waals surface area contributed by atoms with Crippen LogP contribution in [0.15, 0.2) is 72.8 Å². The molecule has 0 heterocycles. The fraction of sp³-hybridized carbons (Fsp3) is 0.0476. The van der Waals surface area contributed by atoms with Gasteiger partial charge in [0.2, 0.25) is 0 Å². The average molecular weight is 383 g/mol. The summed E-state index contributed by atoms with van der Waals surface area (Å²) in [4.78, 5) is 24.7. The van der Waals surface area contributed by atoms with E-state index < -0.39 is 0 Å². The molecule has 2 N–H and O–H groups in total. The molecule has 4 nitrogen and oxygen atoms in total. The Kier molecular flexibility index (Phi) is 5.84. The monoisotopic (exact) mass is 382 g/mol. The maximum absolute atomic E-state index is 13.6. The molecule has 0 saturated carbocycles. The van der Waals surface area contributed by atoms with Crippen molar-refractivity contribution in [2.24, 2.45) is 0 Å². The molecule has 3 aromatic rings. The van der Waals surface area contributed by atoms with Gasteiger partial charge in [-0.1, -0.05) is 35.9 Å². The van der Waals surface area contributed by atoms with Crippen molar-refractivity contribution in [3.8, 4) is 0 Å². The molecule has 0 unspecified atom stereocenters. The molecule has 6 heteroatoms. The summed E-state index contributed by atoms with van der Waals surface area (Å²) in [5.74, 6) is -1.12. The molecule has 27 heavy (non-hydrogen) atoms. The van der Waals surface area contributed by atoms with Crippen LogP contribution in [0.1, 0.15) is 26.3 Å². The second-order valence-electron chi connectivity index (χ2n) is 5.82. The molecular weight excluding hydrogens is 367 g/mol. The van der Waals surface area contributed by atoms with Crippen molar-refractivity contribution in [1.29, 1.82) is 0 Å². The van der Waals surface area contributed by atoms with Gasteiger partial charge in [-0.15, -0.1) is 0 Å². The molecule has 3 rings (SSSR count). The highest BCUT2D eigenvalue weighted by atomic mass is 35.5. The topological polar surface area (TPSA) is 58.2 Å². The minimum absolute atomic E-state index is 0.0622. The molecule has 0 bridgehead atoms. The number of benzene rings is 3. The van der Waals surface area contributed by atoms with Crippen LogP contribution in [0.3, 0.4) is 0 Å². The summed E-state index contributed by atoms with van der Waals surface area (Å²) in [5.41, 5.74) is 1.64. The smallest absolute Gasteiger partial charge is 0.255 e. The van der Waals surface area contributed by atoms with Crippen LogP contribution in [-0.4, -0.2) is 11.8 Å². The van der Waals surface area contributed by atoms with Crippen LogP contribution in [0.25, 0.3) is 0 Å². The number of nitrogens with one attached hydrogen (secondary N) is 2. The fourth-order valence-corrected chi connectivity index (χ4v) is 2.58. The molecule has 0 aromatic heterocycles. The van der Waals surface area contributed by atoms with E-state index in [4.69, 9.17) is 11.6 Å². The lowest BCUT2D eigenvalue weighted by Gasteiger charge is -2.09.